The Labute approximate surface area is 212 Å². The van der Waals surface area contributed by atoms with Crippen molar-refractivity contribution in [3.63, 3.8) is 0 Å². The fraction of sp³-hybridized carbons (Fsp3) is 0.240. The number of hydrogen-bond acceptors (Lipinski definition) is 8. The van der Waals surface area contributed by atoms with Crippen molar-refractivity contribution in [2.75, 3.05) is 18.0 Å². The van der Waals surface area contributed by atoms with Gasteiger partial charge in [0.25, 0.3) is 10.0 Å². The van der Waals surface area contributed by atoms with Crippen LogP contribution in [0.1, 0.15) is 24.2 Å². The van der Waals surface area contributed by atoms with Gasteiger partial charge >= 0.3 is 12.6 Å². The summed E-state index contributed by atoms with van der Waals surface area (Å²) in [5, 5.41) is 0. The molecule has 3 aromatic rings. The van der Waals surface area contributed by atoms with Crippen LogP contribution in [0.2, 0.25) is 0 Å². The number of nitrogens with zero attached hydrogens (tertiary/aromatic N) is 3. The molecule has 0 bridgehead atoms. The summed E-state index contributed by atoms with van der Waals surface area (Å²) >= 11 is 0. The standard InChI is InChI=1S/C25H23F2N3O6S/c1-34-24(31)11-8-19-16-30(37(32,33)20-5-2-4-18(15-20)36-25(26)27)21-14-17(6-9-22(21)35-19)7-10-23-28-12-3-13-29-23/h2-7,9-10,12-15,19,25H,8,11,16H2,1H3/b10-7+. The van der Waals surface area contributed by atoms with E-state index in [0.29, 0.717) is 11.4 Å². The molecule has 1 aliphatic rings. The molecule has 0 saturated heterocycles. The normalized spacial score (nSPS) is 15.4. The van der Waals surface area contributed by atoms with Gasteiger partial charge in [0.05, 0.1) is 24.2 Å². The number of halogens is 2. The summed E-state index contributed by atoms with van der Waals surface area (Å²) in [5.74, 6) is 0.0214. The second kappa shape index (κ2) is 11.3. The van der Waals surface area contributed by atoms with Crippen molar-refractivity contribution in [2.45, 2.75) is 30.5 Å². The lowest BCUT2D eigenvalue weighted by Crippen LogP contribution is -2.43. The van der Waals surface area contributed by atoms with Gasteiger partial charge in [0.15, 0.2) is 5.82 Å². The topological polar surface area (TPSA) is 108 Å². The average Bonchev–Trinajstić information content (AvgIpc) is 2.90. The maximum absolute atomic E-state index is 13.7. The molecule has 0 radical (unpaired) electrons. The molecule has 194 valence electrons. The first-order chi connectivity index (χ1) is 17.8. The van der Waals surface area contributed by atoms with Crippen LogP contribution in [0.15, 0.2) is 65.8 Å². The average molecular weight is 532 g/mol. The zero-order valence-electron chi connectivity index (χ0n) is 19.7. The lowest BCUT2D eigenvalue weighted by molar-refractivity contribution is -0.141. The third-order valence-electron chi connectivity index (χ3n) is 5.44. The Balaban J connectivity index is 1.71. The fourth-order valence-corrected chi connectivity index (χ4v) is 5.23. The number of anilines is 1. The molecule has 0 aliphatic carbocycles. The summed E-state index contributed by atoms with van der Waals surface area (Å²) in [4.78, 5) is 19.7. The van der Waals surface area contributed by atoms with Crippen molar-refractivity contribution in [3.8, 4) is 11.5 Å². The number of fused-ring (bicyclic) bond motifs is 1. The highest BCUT2D eigenvalue weighted by molar-refractivity contribution is 7.92. The lowest BCUT2D eigenvalue weighted by atomic mass is 10.1. The highest BCUT2D eigenvalue weighted by atomic mass is 32.2. The van der Waals surface area contributed by atoms with Crippen molar-refractivity contribution in [2.24, 2.45) is 0 Å². The molecule has 1 aromatic heterocycles. The zero-order chi connectivity index (χ0) is 26.4. The van der Waals surface area contributed by atoms with Gasteiger partial charge in [-0.2, -0.15) is 8.78 Å². The van der Waals surface area contributed by atoms with E-state index < -0.39 is 28.7 Å². The number of alkyl halides is 2. The molecular formula is C25H23F2N3O6S. The zero-order valence-corrected chi connectivity index (χ0v) is 20.5. The van der Waals surface area contributed by atoms with Gasteiger partial charge in [-0.3, -0.25) is 9.10 Å². The maximum atomic E-state index is 13.7. The van der Waals surface area contributed by atoms with Gasteiger partial charge in [0.2, 0.25) is 0 Å². The van der Waals surface area contributed by atoms with Gasteiger partial charge < -0.3 is 14.2 Å². The third-order valence-corrected chi connectivity index (χ3v) is 7.22. The lowest BCUT2D eigenvalue weighted by Gasteiger charge is -2.35. The number of aromatic nitrogens is 2. The number of ether oxygens (including phenoxy) is 3. The van der Waals surface area contributed by atoms with E-state index in [0.717, 1.165) is 10.4 Å². The van der Waals surface area contributed by atoms with Gasteiger partial charge in [0.1, 0.15) is 17.6 Å². The molecule has 9 nitrogen and oxygen atoms in total. The Kier molecular flexibility index (Phi) is 7.97. The fourth-order valence-electron chi connectivity index (χ4n) is 3.70. The summed E-state index contributed by atoms with van der Waals surface area (Å²) in [6.45, 7) is -3.21. The van der Waals surface area contributed by atoms with E-state index in [1.54, 1.807) is 48.8 Å². The number of carbonyl (C=O) groups is 1. The smallest absolute Gasteiger partial charge is 0.387 e. The number of esters is 1. The Hall–Kier alpha value is -4.06. The SMILES string of the molecule is COC(=O)CCC1CN(S(=O)(=O)c2cccc(OC(F)F)c2)c2cc(/C=C/c3ncccn3)ccc2O1. The highest BCUT2D eigenvalue weighted by Crippen LogP contribution is 2.39. The van der Waals surface area contributed by atoms with Gasteiger partial charge in [-0.05, 0) is 48.4 Å². The number of methoxy groups -OCH3 is 1. The predicted molar refractivity (Wildman–Crippen MR) is 131 cm³/mol. The van der Waals surface area contributed by atoms with Gasteiger partial charge in [-0.15, -0.1) is 0 Å². The van der Waals surface area contributed by atoms with Crippen LogP contribution in [-0.2, 0) is 19.6 Å². The molecule has 12 heteroatoms. The first-order valence-corrected chi connectivity index (χ1v) is 12.6. The van der Waals surface area contributed by atoms with E-state index in [1.165, 1.54) is 25.3 Å². The summed E-state index contributed by atoms with van der Waals surface area (Å²) in [6.07, 6.45) is 6.18. The summed E-state index contributed by atoms with van der Waals surface area (Å²) in [6, 6.07) is 11.6. The Bertz CT molecular complexity index is 1390. The highest BCUT2D eigenvalue weighted by Gasteiger charge is 2.35. The Morgan fingerprint density at radius 2 is 1.95 bits per heavy atom. The van der Waals surface area contributed by atoms with Crippen molar-refractivity contribution < 1.29 is 36.2 Å². The van der Waals surface area contributed by atoms with E-state index >= 15 is 0 Å². The first kappa shape index (κ1) is 26.0. The minimum absolute atomic E-state index is 0.0278. The van der Waals surface area contributed by atoms with E-state index in [-0.39, 0.29) is 41.5 Å². The molecule has 1 atom stereocenters. The molecule has 0 saturated carbocycles. The van der Waals surface area contributed by atoms with Crippen LogP contribution in [0, 0.1) is 0 Å². The number of hydrogen-bond donors (Lipinski definition) is 0. The quantitative estimate of drug-likeness (QED) is 0.379. The van der Waals surface area contributed by atoms with E-state index in [2.05, 4.69) is 19.4 Å². The van der Waals surface area contributed by atoms with Crippen LogP contribution < -0.4 is 13.8 Å². The van der Waals surface area contributed by atoms with E-state index in [4.69, 9.17) is 4.74 Å². The molecule has 2 heterocycles. The maximum Gasteiger partial charge on any atom is 0.387 e. The summed E-state index contributed by atoms with van der Waals surface area (Å²) in [7, 11) is -2.97. The van der Waals surface area contributed by atoms with Crippen LogP contribution >= 0.6 is 0 Å². The Morgan fingerprint density at radius 3 is 2.68 bits per heavy atom. The van der Waals surface area contributed by atoms with Crippen molar-refractivity contribution >= 4 is 33.8 Å². The summed E-state index contributed by atoms with van der Waals surface area (Å²) < 4.78 is 69.1. The minimum atomic E-state index is -4.23. The molecule has 1 unspecified atom stereocenters. The van der Waals surface area contributed by atoms with Crippen LogP contribution in [-0.4, -0.2) is 50.7 Å². The molecule has 0 N–H and O–H groups in total. The minimum Gasteiger partial charge on any atom is -0.486 e. The van der Waals surface area contributed by atoms with Gasteiger partial charge in [0, 0.05) is 24.9 Å². The van der Waals surface area contributed by atoms with Crippen LogP contribution in [0.25, 0.3) is 12.2 Å². The van der Waals surface area contributed by atoms with Crippen molar-refractivity contribution in [1.29, 1.82) is 0 Å². The molecule has 1 aliphatic heterocycles. The van der Waals surface area contributed by atoms with Crippen LogP contribution in [0.4, 0.5) is 14.5 Å². The largest absolute Gasteiger partial charge is 0.486 e. The van der Waals surface area contributed by atoms with Crippen LogP contribution in [0.3, 0.4) is 0 Å². The van der Waals surface area contributed by atoms with E-state index in [9.17, 15) is 22.0 Å². The predicted octanol–water partition coefficient (Wildman–Crippen LogP) is 4.16. The molecule has 0 spiro atoms. The van der Waals surface area contributed by atoms with E-state index in [1.807, 2.05) is 0 Å². The molecule has 0 fully saturated rings. The number of rotatable bonds is 9. The Morgan fingerprint density at radius 1 is 1.16 bits per heavy atom. The summed E-state index contributed by atoms with van der Waals surface area (Å²) in [5.41, 5.74) is 0.906. The molecule has 0 amide bonds. The monoisotopic (exact) mass is 531 g/mol. The second-order valence-corrected chi connectivity index (χ2v) is 9.77. The number of sulfonamides is 1. The first-order valence-electron chi connectivity index (χ1n) is 11.2. The van der Waals surface area contributed by atoms with Crippen molar-refractivity contribution in [3.05, 3.63) is 72.3 Å². The molecular weight excluding hydrogens is 508 g/mol. The van der Waals surface area contributed by atoms with Gasteiger partial charge in [-0.1, -0.05) is 18.2 Å². The van der Waals surface area contributed by atoms with Crippen LogP contribution in [0.5, 0.6) is 11.5 Å². The van der Waals surface area contributed by atoms with Crippen molar-refractivity contribution in [1.82, 2.24) is 9.97 Å². The molecule has 2 aromatic carbocycles. The number of carbonyl (C=O) groups excluding carboxylic acids is 1. The van der Waals surface area contributed by atoms with Gasteiger partial charge in [-0.25, -0.2) is 18.4 Å². The second-order valence-electron chi connectivity index (χ2n) is 7.91. The third kappa shape index (κ3) is 6.39. The molecule has 4 rings (SSSR count). The molecule has 37 heavy (non-hydrogen) atoms. The number of benzene rings is 2.